The van der Waals surface area contributed by atoms with E-state index in [0.29, 0.717) is 6.04 Å². The van der Waals surface area contributed by atoms with Gasteiger partial charge in [-0.3, -0.25) is 9.80 Å². The smallest absolute Gasteiger partial charge is 0.123 e. The Morgan fingerprint density at radius 3 is 2.67 bits per heavy atom. The molecule has 3 nitrogen and oxygen atoms in total. The lowest BCUT2D eigenvalue weighted by molar-refractivity contribution is 0.0246. The van der Waals surface area contributed by atoms with Gasteiger partial charge in [0.25, 0.3) is 0 Å². The van der Waals surface area contributed by atoms with E-state index < -0.39 is 0 Å². The molecule has 2 saturated heterocycles. The Hall–Kier alpha value is -1.23. The molecule has 0 aromatic heterocycles. The molecule has 0 radical (unpaired) electrons. The van der Waals surface area contributed by atoms with E-state index in [4.69, 9.17) is 0 Å². The van der Waals surface area contributed by atoms with Crippen LogP contribution in [0.2, 0.25) is 0 Å². The predicted molar refractivity (Wildman–Crippen MR) is 84.7 cm³/mol. The van der Waals surface area contributed by atoms with Crippen molar-refractivity contribution in [2.24, 2.45) is 0 Å². The summed E-state index contributed by atoms with van der Waals surface area (Å²) in [6.07, 6.45) is 4.27. The summed E-state index contributed by atoms with van der Waals surface area (Å²) in [6.45, 7) is 8.04. The third-order valence-electron chi connectivity index (χ3n) is 4.52. The van der Waals surface area contributed by atoms with E-state index in [1.54, 1.807) is 0 Å². The van der Waals surface area contributed by atoms with Crippen molar-refractivity contribution in [2.75, 3.05) is 52.9 Å². The van der Waals surface area contributed by atoms with Gasteiger partial charge in [0, 0.05) is 51.9 Å². The number of piperazine rings is 2. The van der Waals surface area contributed by atoms with Gasteiger partial charge in [0.2, 0.25) is 0 Å². The molecular weight excluding hydrogens is 265 g/mol. The van der Waals surface area contributed by atoms with Crippen LogP contribution in [0.5, 0.6) is 0 Å². The first-order chi connectivity index (χ1) is 10.2. The monoisotopic (exact) mass is 289 g/mol. The van der Waals surface area contributed by atoms with Crippen LogP contribution in [-0.4, -0.2) is 73.6 Å². The summed E-state index contributed by atoms with van der Waals surface area (Å²) >= 11 is 0. The summed E-state index contributed by atoms with van der Waals surface area (Å²) in [5, 5.41) is 0. The third-order valence-corrected chi connectivity index (χ3v) is 4.52. The number of nitrogens with zero attached hydrogens (tertiary/aromatic N) is 3. The van der Waals surface area contributed by atoms with E-state index in [-0.39, 0.29) is 5.82 Å². The van der Waals surface area contributed by atoms with Crippen molar-refractivity contribution in [2.45, 2.75) is 6.04 Å². The fraction of sp³-hybridized carbons (Fsp3) is 0.529. The average molecular weight is 289 g/mol. The topological polar surface area (TPSA) is 9.72 Å². The zero-order chi connectivity index (χ0) is 14.7. The van der Waals surface area contributed by atoms with Gasteiger partial charge in [0.15, 0.2) is 0 Å². The van der Waals surface area contributed by atoms with Gasteiger partial charge in [0.1, 0.15) is 5.82 Å². The second-order valence-corrected chi connectivity index (χ2v) is 6.17. The summed E-state index contributed by atoms with van der Waals surface area (Å²) in [5.74, 6) is -0.176. The maximum atomic E-state index is 12.8. The minimum atomic E-state index is -0.176. The van der Waals surface area contributed by atoms with E-state index in [0.717, 1.165) is 25.2 Å². The average Bonchev–Trinajstić information content (AvgIpc) is 2.49. The highest BCUT2D eigenvalue weighted by Crippen LogP contribution is 2.14. The summed E-state index contributed by atoms with van der Waals surface area (Å²) in [5.41, 5.74) is 1.06. The van der Waals surface area contributed by atoms with Crippen LogP contribution >= 0.6 is 0 Å². The summed E-state index contributed by atoms with van der Waals surface area (Å²) < 4.78 is 12.8. The van der Waals surface area contributed by atoms with Crippen LogP contribution in [0.1, 0.15) is 5.56 Å². The predicted octanol–water partition coefficient (Wildman–Crippen LogP) is 1.77. The Morgan fingerprint density at radius 2 is 1.86 bits per heavy atom. The van der Waals surface area contributed by atoms with Crippen LogP contribution in [0.15, 0.2) is 30.3 Å². The number of halogens is 1. The summed E-state index contributed by atoms with van der Waals surface area (Å²) in [6, 6.07) is 7.34. The third kappa shape index (κ3) is 3.90. The van der Waals surface area contributed by atoms with Gasteiger partial charge in [-0.1, -0.05) is 24.3 Å². The van der Waals surface area contributed by atoms with Crippen molar-refractivity contribution >= 4 is 6.08 Å². The van der Waals surface area contributed by atoms with Crippen LogP contribution in [0, 0.1) is 5.82 Å². The second kappa shape index (κ2) is 6.69. The van der Waals surface area contributed by atoms with Gasteiger partial charge < -0.3 is 4.90 Å². The molecule has 1 unspecified atom stereocenters. The standard InChI is InChI=1S/C17H24FN3/c1-19-9-11-21-12-10-20(14-17(21)13-19)8-2-3-15-4-6-16(18)7-5-15/h2-7,17H,8-14H2,1H3/b3-2+. The van der Waals surface area contributed by atoms with E-state index in [1.165, 1.54) is 38.3 Å². The Bertz CT molecular complexity index is 485. The van der Waals surface area contributed by atoms with Gasteiger partial charge in [-0.2, -0.15) is 0 Å². The first kappa shape index (κ1) is 14.7. The van der Waals surface area contributed by atoms with Crippen LogP contribution in [0.25, 0.3) is 6.08 Å². The number of likely N-dealkylation sites (N-methyl/N-ethyl adjacent to an activating group) is 1. The molecule has 0 bridgehead atoms. The fourth-order valence-corrected chi connectivity index (χ4v) is 3.25. The van der Waals surface area contributed by atoms with Crippen LogP contribution in [0.4, 0.5) is 4.39 Å². The lowest BCUT2D eigenvalue weighted by Gasteiger charge is -2.46. The molecule has 1 atom stereocenters. The zero-order valence-corrected chi connectivity index (χ0v) is 12.7. The van der Waals surface area contributed by atoms with Crippen LogP contribution in [0.3, 0.4) is 0 Å². The first-order valence-electron chi connectivity index (χ1n) is 7.78. The molecule has 1 aromatic rings. The van der Waals surface area contributed by atoms with E-state index in [2.05, 4.69) is 33.9 Å². The van der Waals surface area contributed by atoms with Crippen LogP contribution in [-0.2, 0) is 0 Å². The zero-order valence-electron chi connectivity index (χ0n) is 12.7. The van der Waals surface area contributed by atoms with Gasteiger partial charge in [0.05, 0.1) is 0 Å². The molecule has 0 amide bonds. The molecular formula is C17H24FN3. The van der Waals surface area contributed by atoms with Crippen molar-refractivity contribution in [3.05, 3.63) is 41.7 Å². The van der Waals surface area contributed by atoms with Crippen molar-refractivity contribution in [1.29, 1.82) is 0 Å². The Labute approximate surface area is 126 Å². The molecule has 4 heteroatoms. The molecule has 114 valence electrons. The van der Waals surface area contributed by atoms with Gasteiger partial charge >= 0.3 is 0 Å². The number of benzene rings is 1. The normalized spacial score (nSPS) is 25.3. The number of rotatable bonds is 3. The Morgan fingerprint density at radius 1 is 1.10 bits per heavy atom. The number of hydrogen-bond acceptors (Lipinski definition) is 3. The molecule has 1 aromatic carbocycles. The highest BCUT2D eigenvalue weighted by molar-refractivity contribution is 5.48. The molecule has 2 aliphatic rings. The van der Waals surface area contributed by atoms with Crippen molar-refractivity contribution < 1.29 is 4.39 Å². The van der Waals surface area contributed by atoms with E-state index >= 15 is 0 Å². The lowest BCUT2D eigenvalue weighted by atomic mass is 10.1. The van der Waals surface area contributed by atoms with E-state index in [9.17, 15) is 4.39 Å². The molecule has 2 aliphatic heterocycles. The molecule has 2 fully saturated rings. The molecule has 0 saturated carbocycles. The summed E-state index contributed by atoms with van der Waals surface area (Å²) in [4.78, 5) is 7.57. The molecule has 2 heterocycles. The Balaban J connectivity index is 1.50. The number of fused-ring (bicyclic) bond motifs is 1. The molecule has 0 spiro atoms. The summed E-state index contributed by atoms with van der Waals surface area (Å²) in [7, 11) is 2.21. The van der Waals surface area contributed by atoms with Gasteiger partial charge in [-0.05, 0) is 24.7 Å². The lowest BCUT2D eigenvalue weighted by Crippen LogP contribution is -2.61. The number of hydrogen-bond donors (Lipinski definition) is 0. The largest absolute Gasteiger partial charge is 0.303 e. The highest BCUT2D eigenvalue weighted by atomic mass is 19.1. The first-order valence-corrected chi connectivity index (χ1v) is 7.78. The molecule has 21 heavy (non-hydrogen) atoms. The van der Waals surface area contributed by atoms with Crippen molar-refractivity contribution in [1.82, 2.24) is 14.7 Å². The minimum Gasteiger partial charge on any atom is -0.303 e. The fourth-order valence-electron chi connectivity index (χ4n) is 3.25. The molecule has 0 aliphatic carbocycles. The van der Waals surface area contributed by atoms with Gasteiger partial charge in [-0.25, -0.2) is 4.39 Å². The van der Waals surface area contributed by atoms with Gasteiger partial charge in [-0.15, -0.1) is 0 Å². The van der Waals surface area contributed by atoms with Crippen molar-refractivity contribution in [3.8, 4) is 0 Å². The van der Waals surface area contributed by atoms with Crippen LogP contribution < -0.4 is 0 Å². The molecule has 0 N–H and O–H groups in total. The Kier molecular flexibility index (Phi) is 4.68. The molecule has 3 rings (SSSR count). The minimum absolute atomic E-state index is 0.176. The van der Waals surface area contributed by atoms with E-state index in [1.807, 2.05) is 12.1 Å². The maximum absolute atomic E-state index is 12.8. The SMILES string of the molecule is CN1CCN2CCN(C/C=C/c3ccc(F)cc3)CC2C1. The maximum Gasteiger partial charge on any atom is 0.123 e. The highest BCUT2D eigenvalue weighted by Gasteiger charge is 2.30. The quantitative estimate of drug-likeness (QED) is 0.840. The van der Waals surface area contributed by atoms with Crippen molar-refractivity contribution in [3.63, 3.8) is 0 Å². The second-order valence-electron chi connectivity index (χ2n) is 6.17.